The van der Waals surface area contributed by atoms with Crippen LogP contribution in [0.15, 0.2) is 58.0 Å². The number of carbonyl (C=O) groups excluding carboxylic acids is 1. The Balaban J connectivity index is 1.75. The van der Waals surface area contributed by atoms with Crippen LogP contribution in [0.5, 0.6) is 0 Å². The Bertz CT molecular complexity index is 791. The molecule has 0 saturated carbocycles. The van der Waals surface area contributed by atoms with Crippen molar-refractivity contribution in [3.63, 3.8) is 0 Å². The Morgan fingerprint density at radius 3 is 2.41 bits per heavy atom. The van der Waals surface area contributed by atoms with Crippen LogP contribution >= 0.6 is 15.9 Å². The van der Waals surface area contributed by atoms with E-state index in [0.717, 1.165) is 10.0 Å². The lowest BCUT2D eigenvalue weighted by Gasteiger charge is -2.19. The van der Waals surface area contributed by atoms with Crippen molar-refractivity contribution < 1.29 is 4.79 Å². The highest BCUT2D eigenvalue weighted by molar-refractivity contribution is 9.10. The summed E-state index contributed by atoms with van der Waals surface area (Å²) in [6.07, 6.45) is 0.409. The summed E-state index contributed by atoms with van der Waals surface area (Å²) in [7, 11) is 3.56. The minimum Gasteiger partial charge on any atom is -0.356 e. The van der Waals surface area contributed by atoms with Crippen LogP contribution in [0, 0.1) is 6.92 Å². The van der Waals surface area contributed by atoms with Gasteiger partial charge >= 0.3 is 0 Å². The number of nitrogens with one attached hydrogen (secondary N) is 2. The number of aliphatic imine (C=N–C) groups is 1. The largest absolute Gasteiger partial charge is 0.356 e. The third kappa shape index (κ3) is 6.71. The van der Waals surface area contributed by atoms with Gasteiger partial charge in [0.1, 0.15) is 0 Å². The third-order valence-corrected chi connectivity index (χ3v) is 5.13. The van der Waals surface area contributed by atoms with Crippen LogP contribution in [0.25, 0.3) is 0 Å². The SMILES string of the molecule is CN=C(NCCC(=O)N(C)Cc1ccccc1Br)NCc1ccccc1C. The predicted molar refractivity (Wildman–Crippen MR) is 115 cm³/mol. The van der Waals surface area contributed by atoms with Crippen LogP contribution in [0.1, 0.15) is 23.1 Å². The number of guanidine groups is 1. The molecular formula is C21H27BrN4O. The van der Waals surface area contributed by atoms with Crippen molar-refractivity contribution in [2.75, 3.05) is 20.6 Å². The fourth-order valence-corrected chi connectivity index (χ4v) is 3.07. The van der Waals surface area contributed by atoms with Crippen molar-refractivity contribution in [1.29, 1.82) is 0 Å². The fourth-order valence-electron chi connectivity index (χ4n) is 2.66. The summed E-state index contributed by atoms with van der Waals surface area (Å²) < 4.78 is 1.02. The second-order valence-electron chi connectivity index (χ2n) is 6.37. The first-order valence-electron chi connectivity index (χ1n) is 8.97. The van der Waals surface area contributed by atoms with Gasteiger partial charge in [-0.2, -0.15) is 0 Å². The van der Waals surface area contributed by atoms with E-state index >= 15 is 0 Å². The second-order valence-corrected chi connectivity index (χ2v) is 7.22. The van der Waals surface area contributed by atoms with E-state index in [1.807, 2.05) is 43.4 Å². The number of rotatable bonds is 7. The number of hydrogen-bond donors (Lipinski definition) is 2. The molecule has 6 heteroatoms. The molecular weight excluding hydrogens is 404 g/mol. The molecule has 0 heterocycles. The molecule has 0 unspecified atom stereocenters. The fraction of sp³-hybridized carbons (Fsp3) is 0.333. The lowest BCUT2D eigenvalue weighted by atomic mass is 10.1. The van der Waals surface area contributed by atoms with Crippen LogP contribution in [-0.4, -0.2) is 37.4 Å². The van der Waals surface area contributed by atoms with Gasteiger partial charge in [-0.05, 0) is 29.7 Å². The summed E-state index contributed by atoms with van der Waals surface area (Å²) in [5, 5.41) is 6.49. The Kier molecular flexibility index (Phi) is 8.33. The molecule has 2 N–H and O–H groups in total. The standard InChI is InChI=1S/C21H27BrN4O/c1-16-8-4-5-9-17(16)14-25-21(23-2)24-13-12-20(27)26(3)15-18-10-6-7-11-19(18)22/h4-11H,12-15H2,1-3H3,(H2,23,24,25). The molecule has 0 aliphatic carbocycles. The lowest BCUT2D eigenvalue weighted by Crippen LogP contribution is -2.39. The predicted octanol–water partition coefficient (Wildman–Crippen LogP) is 3.47. The van der Waals surface area contributed by atoms with Gasteiger partial charge in [-0.1, -0.05) is 58.4 Å². The number of benzene rings is 2. The molecule has 0 atom stereocenters. The van der Waals surface area contributed by atoms with Gasteiger partial charge in [0, 0.05) is 44.6 Å². The molecule has 2 rings (SSSR count). The Labute approximate surface area is 170 Å². The summed E-state index contributed by atoms with van der Waals surface area (Å²) in [6, 6.07) is 16.2. The number of carbonyl (C=O) groups is 1. The third-order valence-electron chi connectivity index (χ3n) is 4.35. The molecule has 2 aromatic carbocycles. The van der Waals surface area contributed by atoms with Crippen LogP contribution in [-0.2, 0) is 17.9 Å². The first-order valence-corrected chi connectivity index (χ1v) is 9.77. The Morgan fingerprint density at radius 2 is 1.74 bits per heavy atom. The van der Waals surface area contributed by atoms with Gasteiger partial charge in [0.25, 0.3) is 0 Å². The lowest BCUT2D eigenvalue weighted by molar-refractivity contribution is -0.130. The second kappa shape index (κ2) is 10.7. The first-order chi connectivity index (χ1) is 13.0. The van der Waals surface area contributed by atoms with E-state index in [9.17, 15) is 4.79 Å². The molecule has 0 aromatic heterocycles. The van der Waals surface area contributed by atoms with Crippen molar-refractivity contribution in [2.24, 2.45) is 4.99 Å². The smallest absolute Gasteiger partial charge is 0.224 e. The van der Waals surface area contributed by atoms with E-state index in [1.165, 1.54) is 11.1 Å². The number of hydrogen-bond acceptors (Lipinski definition) is 2. The van der Waals surface area contributed by atoms with Crippen LogP contribution < -0.4 is 10.6 Å². The molecule has 0 radical (unpaired) electrons. The maximum Gasteiger partial charge on any atom is 0.224 e. The van der Waals surface area contributed by atoms with E-state index in [-0.39, 0.29) is 5.91 Å². The molecule has 2 aromatic rings. The number of amides is 1. The quantitative estimate of drug-likeness (QED) is 0.522. The highest BCUT2D eigenvalue weighted by Crippen LogP contribution is 2.17. The van der Waals surface area contributed by atoms with Crippen molar-refractivity contribution in [3.8, 4) is 0 Å². The Hall–Kier alpha value is -2.34. The minimum absolute atomic E-state index is 0.0904. The maximum absolute atomic E-state index is 12.4. The normalized spacial score (nSPS) is 11.2. The number of aryl methyl sites for hydroxylation is 1. The summed E-state index contributed by atoms with van der Waals surface area (Å²) in [5.74, 6) is 0.784. The van der Waals surface area contributed by atoms with E-state index < -0.39 is 0 Å². The zero-order valence-electron chi connectivity index (χ0n) is 16.1. The summed E-state index contributed by atoms with van der Waals surface area (Å²) >= 11 is 3.52. The van der Waals surface area contributed by atoms with Gasteiger partial charge in [0.2, 0.25) is 5.91 Å². The van der Waals surface area contributed by atoms with Gasteiger partial charge < -0.3 is 15.5 Å². The Morgan fingerprint density at radius 1 is 1.07 bits per heavy atom. The molecule has 5 nitrogen and oxygen atoms in total. The van der Waals surface area contributed by atoms with Gasteiger partial charge in [0.15, 0.2) is 5.96 Å². The van der Waals surface area contributed by atoms with Crippen molar-refractivity contribution in [1.82, 2.24) is 15.5 Å². The number of nitrogens with zero attached hydrogens (tertiary/aromatic N) is 2. The molecule has 0 fully saturated rings. The van der Waals surface area contributed by atoms with Crippen LogP contribution in [0.4, 0.5) is 0 Å². The van der Waals surface area contributed by atoms with Gasteiger partial charge in [-0.3, -0.25) is 9.79 Å². The molecule has 1 amide bonds. The van der Waals surface area contributed by atoms with Crippen LogP contribution in [0.3, 0.4) is 0 Å². The van der Waals surface area contributed by atoms with Gasteiger partial charge in [-0.25, -0.2) is 0 Å². The van der Waals surface area contributed by atoms with E-state index in [2.05, 4.69) is 50.6 Å². The van der Waals surface area contributed by atoms with Crippen molar-refractivity contribution in [2.45, 2.75) is 26.4 Å². The molecule has 0 spiro atoms. The van der Waals surface area contributed by atoms with E-state index in [1.54, 1.807) is 11.9 Å². The molecule has 144 valence electrons. The molecule has 27 heavy (non-hydrogen) atoms. The average molecular weight is 431 g/mol. The summed E-state index contributed by atoms with van der Waals surface area (Å²) in [6.45, 7) is 3.90. The molecule has 0 bridgehead atoms. The topological polar surface area (TPSA) is 56.7 Å². The zero-order valence-corrected chi connectivity index (χ0v) is 17.7. The van der Waals surface area contributed by atoms with E-state index in [4.69, 9.17) is 0 Å². The highest BCUT2D eigenvalue weighted by atomic mass is 79.9. The molecule has 0 aliphatic heterocycles. The van der Waals surface area contributed by atoms with Crippen molar-refractivity contribution >= 4 is 27.8 Å². The monoisotopic (exact) mass is 430 g/mol. The van der Waals surface area contributed by atoms with Crippen LogP contribution in [0.2, 0.25) is 0 Å². The van der Waals surface area contributed by atoms with Crippen molar-refractivity contribution in [3.05, 3.63) is 69.7 Å². The van der Waals surface area contributed by atoms with E-state index in [0.29, 0.717) is 32.0 Å². The highest BCUT2D eigenvalue weighted by Gasteiger charge is 2.11. The first kappa shape index (κ1) is 21.0. The minimum atomic E-state index is 0.0904. The zero-order chi connectivity index (χ0) is 19.6. The number of halogens is 1. The average Bonchev–Trinajstić information content (AvgIpc) is 2.67. The van der Waals surface area contributed by atoms with Gasteiger partial charge in [0.05, 0.1) is 0 Å². The molecule has 0 saturated heterocycles. The summed E-state index contributed by atoms with van der Waals surface area (Å²) in [5.41, 5.74) is 3.56. The maximum atomic E-state index is 12.4. The van der Waals surface area contributed by atoms with Gasteiger partial charge in [-0.15, -0.1) is 0 Å². The molecule has 0 aliphatic rings. The summed E-state index contributed by atoms with van der Waals surface area (Å²) in [4.78, 5) is 18.3.